The van der Waals surface area contributed by atoms with Gasteiger partial charge >= 0.3 is 5.97 Å². The van der Waals surface area contributed by atoms with Crippen molar-refractivity contribution in [2.45, 2.75) is 0 Å². The van der Waals surface area contributed by atoms with Gasteiger partial charge in [0.2, 0.25) is 0 Å². The maximum Gasteiger partial charge on any atom is 0.356 e. The highest BCUT2D eigenvalue weighted by molar-refractivity contribution is 5.87. The van der Waals surface area contributed by atoms with Gasteiger partial charge < -0.3 is 4.74 Å². The topological polar surface area (TPSA) is 75.9 Å². The monoisotopic (exact) mass is 239 g/mol. The molecule has 0 N–H and O–H groups in total. The third kappa shape index (κ3) is 2.33. The largest absolute Gasteiger partial charge is 0.464 e. The lowest BCUT2D eigenvalue weighted by Gasteiger charge is -2.01. The summed E-state index contributed by atoms with van der Waals surface area (Å²) in [7, 11) is 1.31. The molecule has 0 saturated carbocycles. The SMILES string of the molecule is COC(=O)c1ccc(-c2ccc(C#N)cn2)cn1. The van der Waals surface area contributed by atoms with Crippen LogP contribution in [0.1, 0.15) is 16.1 Å². The first-order valence-corrected chi connectivity index (χ1v) is 5.15. The summed E-state index contributed by atoms with van der Waals surface area (Å²) in [6, 6.07) is 8.70. The number of carbonyl (C=O) groups is 1. The molecule has 0 aromatic carbocycles. The molecule has 0 spiro atoms. The molecule has 2 aromatic heterocycles. The summed E-state index contributed by atoms with van der Waals surface area (Å²) < 4.78 is 4.56. The fraction of sp³-hybridized carbons (Fsp3) is 0.0769. The van der Waals surface area contributed by atoms with Crippen LogP contribution in [0, 0.1) is 11.3 Å². The molecule has 0 saturated heterocycles. The van der Waals surface area contributed by atoms with Gasteiger partial charge in [0.25, 0.3) is 0 Å². The summed E-state index contributed by atoms with van der Waals surface area (Å²) in [5.74, 6) is -0.477. The Bertz CT molecular complexity index is 598. The quantitative estimate of drug-likeness (QED) is 0.747. The van der Waals surface area contributed by atoms with Gasteiger partial charge in [0.05, 0.1) is 18.4 Å². The summed E-state index contributed by atoms with van der Waals surface area (Å²) in [4.78, 5) is 19.3. The first-order chi connectivity index (χ1) is 8.74. The minimum absolute atomic E-state index is 0.245. The molecule has 0 bridgehead atoms. The molecule has 5 nitrogen and oxygen atoms in total. The van der Waals surface area contributed by atoms with Crippen molar-refractivity contribution in [2.24, 2.45) is 0 Å². The van der Waals surface area contributed by atoms with Crippen LogP contribution >= 0.6 is 0 Å². The Hall–Kier alpha value is -2.74. The van der Waals surface area contributed by atoms with E-state index >= 15 is 0 Å². The number of ether oxygens (including phenoxy) is 1. The van der Waals surface area contributed by atoms with E-state index in [1.54, 1.807) is 30.5 Å². The second kappa shape index (κ2) is 5.06. The van der Waals surface area contributed by atoms with Crippen molar-refractivity contribution in [2.75, 3.05) is 7.11 Å². The Labute approximate surface area is 104 Å². The van der Waals surface area contributed by atoms with Crippen molar-refractivity contribution in [1.82, 2.24) is 9.97 Å². The van der Waals surface area contributed by atoms with Crippen molar-refractivity contribution >= 4 is 5.97 Å². The molecule has 18 heavy (non-hydrogen) atoms. The Morgan fingerprint density at radius 2 is 2.06 bits per heavy atom. The van der Waals surface area contributed by atoms with E-state index in [0.717, 1.165) is 5.56 Å². The number of pyridine rings is 2. The number of hydrogen-bond acceptors (Lipinski definition) is 5. The highest BCUT2D eigenvalue weighted by atomic mass is 16.5. The van der Waals surface area contributed by atoms with Crippen LogP contribution in [-0.2, 0) is 4.74 Å². The highest BCUT2D eigenvalue weighted by Gasteiger charge is 2.07. The van der Waals surface area contributed by atoms with E-state index in [4.69, 9.17) is 5.26 Å². The van der Waals surface area contributed by atoms with Crippen molar-refractivity contribution in [3.8, 4) is 17.3 Å². The number of methoxy groups -OCH3 is 1. The lowest BCUT2D eigenvalue weighted by Crippen LogP contribution is -2.03. The van der Waals surface area contributed by atoms with Crippen LogP contribution in [0.3, 0.4) is 0 Å². The first-order valence-electron chi connectivity index (χ1n) is 5.15. The fourth-order valence-electron chi connectivity index (χ4n) is 1.40. The zero-order chi connectivity index (χ0) is 13.0. The van der Waals surface area contributed by atoms with E-state index < -0.39 is 5.97 Å². The predicted octanol–water partition coefficient (Wildman–Crippen LogP) is 1.80. The second-order valence-corrected chi connectivity index (χ2v) is 3.47. The number of nitriles is 1. The van der Waals surface area contributed by atoms with Crippen LogP contribution < -0.4 is 0 Å². The molecule has 0 atom stereocenters. The number of carbonyl (C=O) groups excluding carboxylic acids is 1. The van der Waals surface area contributed by atoms with Crippen molar-refractivity contribution in [1.29, 1.82) is 5.26 Å². The summed E-state index contributed by atoms with van der Waals surface area (Å²) in [5.41, 5.74) is 2.21. The number of rotatable bonds is 2. The molecule has 0 radical (unpaired) electrons. The van der Waals surface area contributed by atoms with E-state index in [9.17, 15) is 4.79 Å². The van der Waals surface area contributed by atoms with Crippen molar-refractivity contribution in [3.05, 3.63) is 47.9 Å². The molecular weight excluding hydrogens is 230 g/mol. The van der Waals surface area contributed by atoms with Gasteiger partial charge in [-0.2, -0.15) is 5.26 Å². The lowest BCUT2D eigenvalue weighted by molar-refractivity contribution is 0.0594. The third-order valence-corrected chi connectivity index (χ3v) is 2.35. The van der Waals surface area contributed by atoms with E-state index in [2.05, 4.69) is 14.7 Å². The molecule has 0 unspecified atom stereocenters. The molecule has 0 fully saturated rings. The molecule has 0 aliphatic carbocycles. The van der Waals surface area contributed by atoms with Gasteiger partial charge in [0.1, 0.15) is 11.8 Å². The Kier molecular flexibility index (Phi) is 3.30. The maximum absolute atomic E-state index is 11.2. The Balaban J connectivity index is 2.29. The predicted molar refractivity (Wildman–Crippen MR) is 63.5 cm³/mol. The molecular formula is C13H9N3O2. The maximum atomic E-state index is 11.2. The zero-order valence-corrected chi connectivity index (χ0v) is 9.62. The first kappa shape index (κ1) is 11.7. The minimum Gasteiger partial charge on any atom is -0.464 e. The van der Waals surface area contributed by atoms with Crippen LogP contribution in [0.15, 0.2) is 36.7 Å². The van der Waals surface area contributed by atoms with Gasteiger partial charge in [-0.05, 0) is 24.3 Å². The number of esters is 1. The molecule has 88 valence electrons. The Morgan fingerprint density at radius 1 is 1.22 bits per heavy atom. The van der Waals surface area contributed by atoms with Crippen LogP contribution in [0.5, 0.6) is 0 Å². The second-order valence-electron chi connectivity index (χ2n) is 3.47. The minimum atomic E-state index is -0.477. The highest BCUT2D eigenvalue weighted by Crippen LogP contribution is 2.16. The molecule has 0 aliphatic heterocycles. The van der Waals surface area contributed by atoms with Crippen LogP contribution in [0.4, 0.5) is 0 Å². The summed E-state index contributed by atoms with van der Waals surface area (Å²) in [5, 5.41) is 8.67. The average molecular weight is 239 g/mol. The molecule has 5 heteroatoms. The van der Waals surface area contributed by atoms with Gasteiger partial charge in [-0.1, -0.05) is 0 Å². The molecule has 0 aliphatic rings. The van der Waals surface area contributed by atoms with Crippen molar-refractivity contribution < 1.29 is 9.53 Å². The molecule has 2 aromatic rings. The van der Waals surface area contributed by atoms with Crippen LogP contribution in [-0.4, -0.2) is 23.0 Å². The Morgan fingerprint density at radius 3 is 2.56 bits per heavy atom. The normalized spacial score (nSPS) is 9.56. The average Bonchev–Trinajstić information content (AvgIpc) is 2.47. The molecule has 0 amide bonds. The van der Waals surface area contributed by atoms with Crippen molar-refractivity contribution in [3.63, 3.8) is 0 Å². The van der Waals surface area contributed by atoms with Gasteiger partial charge in [-0.15, -0.1) is 0 Å². The number of aromatic nitrogens is 2. The fourth-order valence-corrected chi connectivity index (χ4v) is 1.40. The molecule has 2 rings (SSSR count). The van der Waals surface area contributed by atoms with Gasteiger partial charge in [-0.25, -0.2) is 9.78 Å². The summed E-state index contributed by atoms with van der Waals surface area (Å²) >= 11 is 0. The van der Waals surface area contributed by atoms with Gasteiger partial charge in [-0.3, -0.25) is 4.98 Å². The lowest BCUT2D eigenvalue weighted by atomic mass is 10.1. The van der Waals surface area contributed by atoms with Crippen LogP contribution in [0.2, 0.25) is 0 Å². The standard InChI is InChI=1S/C13H9N3O2/c1-18-13(17)12-5-3-10(8-16-12)11-4-2-9(6-14)7-15-11/h2-5,7-8H,1H3. The van der Waals surface area contributed by atoms with E-state index in [0.29, 0.717) is 11.3 Å². The zero-order valence-electron chi connectivity index (χ0n) is 9.62. The smallest absolute Gasteiger partial charge is 0.356 e. The van der Waals surface area contributed by atoms with Gasteiger partial charge in [0.15, 0.2) is 0 Å². The van der Waals surface area contributed by atoms with E-state index in [1.807, 2.05) is 6.07 Å². The number of nitrogens with zero attached hydrogens (tertiary/aromatic N) is 3. The van der Waals surface area contributed by atoms with E-state index in [-0.39, 0.29) is 5.69 Å². The third-order valence-electron chi connectivity index (χ3n) is 2.35. The van der Waals surface area contributed by atoms with E-state index in [1.165, 1.54) is 13.3 Å². The van der Waals surface area contributed by atoms with Crippen LogP contribution in [0.25, 0.3) is 11.3 Å². The molecule has 2 heterocycles. The van der Waals surface area contributed by atoms with Gasteiger partial charge in [0, 0.05) is 18.0 Å². The summed E-state index contributed by atoms with van der Waals surface area (Å²) in [6.07, 6.45) is 3.03. The number of hydrogen-bond donors (Lipinski definition) is 0. The summed E-state index contributed by atoms with van der Waals surface area (Å²) in [6.45, 7) is 0.